The average molecular weight is 420 g/mol. The molecule has 0 spiro atoms. The first-order chi connectivity index (χ1) is 14.4. The molecular weight excluding hydrogens is 378 g/mol. The minimum Gasteiger partial charge on any atom is -0.497 e. The number of nitrogens with zero attached hydrogens (tertiary/aromatic N) is 3. The lowest BCUT2D eigenvalue weighted by Crippen LogP contribution is -2.50. The summed E-state index contributed by atoms with van der Waals surface area (Å²) in [7, 11) is 5.86. The second-order valence-corrected chi connectivity index (χ2v) is 8.50. The maximum absolute atomic E-state index is 5.97. The fourth-order valence-corrected chi connectivity index (χ4v) is 3.71. The molecule has 1 aliphatic rings. The number of rotatable bonds is 10. The highest BCUT2D eigenvalue weighted by molar-refractivity contribution is 5.79. The van der Waals surface area contributed by atoms with Crippen LogP contribution in [0.5, 0.6) is 5.75 Å². The molecule has 30 heavy (non-hydrogen) atoms. The van der Waals surface area contributed by atoms with Gasteiger partial charge in [0.1, 0.15) is 5.75 Å². The zero-order chi connectivity index (χ0) is 21.9. The van der Waals surface area contributed by atoms with Crippen LogP contribution in [0, 0.1) is 5.92 Å². The summed E-state index contributed by atoms with van der Waals surface area (Å²) in [5, 5.41) is 6.84. The van der Waals surface area contributed by atoms with Gasteiger partial charge >= 0.3 is 0 Å². The van der Waals surface area contributed by atoms with Gasteiger partial charge < -0.3 is 25.0 Å². The molecule has 7 nitrogen and oxygen atoms in total. The van der Waals surface area contributed by atoms with Crippen molar-refractivity contribution >= 4 is 5.96 Å². The highest BCUT2D eigenvalue weighted by Crippen LogP contribution is 2.21. The minimum absolute atomic E-state index is 0.188. The summed E-state index contributed by atoms with van der Waals surface area (Å²) in [6, 6.07) is 8.42. The predicted octanol–water partition coefficient (Wildman–Crippen LogP) is 2.21. The van der Waals surface area contributed by atoms with E-state index in [1.807, 2.05) is 12.1 Å². The van der Waals surface area contributed by atoms with Gasteiger partial charge in [0, 0.05) is 32.7 Å². The summed E-state index contributed by atoms with van der Waals surface area (Å²) >= 11 is 0. The zero-order valence-corrected chi connectivity index (χ0v) is 19.6. The van der Waals surface area contributed by atoms with Gasteiger partial charge in [-0.05, 0) is 44.6 Å². The molecule has 0 saturated carbocycles. The van der Waals surface area contributed by atoms with Crippen LogP contribution in [0.3, 0.4) is 0 Å². The average Bonchev–Trinajstić information content (AvgIpc) is 2.72. The van der Waals surface area contributed by atoms with Crippen LogP contribution in [-0.2, 0) is 4.74 Å². The maximum Gasteiger partial charge on any atom is 0.191 e. The normalized spacial score (nSPS) is 19.2. The SMILES string of the molecule is CCNC(=NCC(c1ccc(OC)cc1)N(C)C)NCC1CN(CC(C)C)CCO1. The molecule has 170 valence electrons. The van der Waals surface area contributed by atoms with E-state index in [1.165, 1.54) is 5.56 Å². The van der Waals surface area contributed by atoms with Crippen LogP contribution in [0.2, 0.25) is 0 Å². The van der Waals surface area contributed by atoms with E-state index in [9.17, 15) is 0 Å². The Morgan fingerprint density at radius 2 is 2.00 bits per heavy atom. The first-order valence-corrected chi connectivity index (χ1v) is 11.1. The van der Waals surface area contributed by atoms with E-state index < -0.39 is 0 Å². The van der Waals surface area contributed by atoms with Gasteiger partial charge in [0.2, 0.25) is 0 Å². The monoisotopic (exact) mass is 419 g/mol. The van der Waals surface area contributed by atoms with Gasteiger partial charge in [0.05, 0.1) is 32.4 Å². The molecule has 0 radical (unpaired) electrons. The van der Waals surface area contributed by atoms with Gasteiger partial charge in [0.25, 0.3) is 0 Å². The second kappa shape index (κ2) is 12.8. The Balaban J connectivity index is 1.95. The zero-order valence-electron chi connectivity index (χ0n) is 19.6. The van der Waals surface area contributed by atoms with E-state index in [1.54, 1.807) is 7.11 Å². The lowest BCUT2D eigenvalue weighted by Gasteiger charge is -2.34. The highest BCUT2D eigenvalue weighted by atomic mass is 16.5. The van der Waals surface area contributed by atoms with Crippen molar-refractivity contribution in [2.45, 2.75) is 32.9 Å². The summed E-state index contributed by atoms with van der Waals surface area (Å²) in [5.41, 5.74) is 1.22. The molecule has 0 amide bonds. The van der Waals surface area contributed by atoms with Crippen molar-refractivity contribution in [3.8, 4) is 5.75 Å². The summed E-state index contributed by atoms with van der Waals surface area (Å²) in [6.45, 7) is 12.8. The van der Waals surface area contributed by atoms with Crippen molar-refractivity contribution in [3.63, 3.8) is 0 Å². The second-order valence-electron chi connectivity index (χ2n) is 8.50. The van der Waals surface area contributed by atoms with Crippen molar-refractivity contribution in [1.29, 1.82) is 0 Å². The van der Waals surface area contributed by atoms with Gasteiger partial charge in [0.15, 0.2) is 5.96 Å². The fraction of sp³-hybridized carbons (Fsp3) is 0.696. The topological polar surface area (TPSA) is 61.4 Å². The van der Waals surface area contributed by atoms with Crippen LogP contribution in [0.25, 0.3) is 0 Å². The number of guanidine groups is 1. The third-order valence-electron chi connectivity index (χ3n) is 5.23. The molecule has 0 aromatic heterocycles. The summed E-state index contributed by atoms with van der Waals surface area (Å²) < 4.78 is 11.2. The third kappa shape index (κ3) is 8.13. The van der Waals surface area contributed by atoms with Crippen LogP contribution in [0.4, 0.5) is 0 Å². The Morgan fingerprint density at radius 1 is 1.27 bits per heavy atom. The number of hydrogen-bond donors (Lipinski definition) is 2. The predicted molar refractivity (Wildman–Crippen MR) is 124 cm³/mol. The first kappa shape index (κ1) is 24.4. The van der Waals surface area contributed by atoms with E-state index in [-0.39, 0.29) is 12.1 Å². The molecule has 2 N–H and O–H groups in total. The van der Waals surface area contributed by atoms with Crippen molar-refractivity contribution < 1.29 is 9.47 Å². The number of hydrogen-bond acceptors (Lipinski definition) is 5. The van der Waals surface area contributed by atoms with Gasteiger partial charge in [-0.1, -0.05) is 26.0 Å². The molecule has 2 unspecified atom stereocenters. The van der Waals surface area contributed by atoms with E-state index in [0.717, 1.165) is 51.0 Å². The van der Waals surface area contributed by atoms with Crippen molar-refractivity contribution in [2.24, 2.45) is 10.9 Å². The molecule has 1 aromatic rings. The van der Waals surface area contributed by atoms with Gasteiger partial charge in [-0.2, -0.15) is 0 Å². The molecule has 0 bridgehead atoms. The Kier molecular flexibility index (Phi) is 10.4. The molecule has 1 aromatic carbocycles. The number of methoxy groups -OCH3 is 1. The van der Waals surface area contributed by atoms with Crippen molar-refractivity contribution in [3.05, 3.63) is 29.8 Å². The first-order valence-electron chi connectivity index (χ1n) is 11.1. The molecule has 1 aliphatic heterocycles. The van der Waals surface area contributed by atoms with Crippen LogP contribution < -0.4 is 15.4 Å². The van der Waals surface area contributed by atoms with Gasteiger partial charge in [-0.25, -0.2) is 0 Å². The van der Waals surface area contributed by atoms with Gasteiger partial charge in [-0.15, -0.1) is 0 Å². The number of morpholine rings is 1. The lowest BCUT2D eigenvalue weighted by atomic mass is 10.1. The Labute approximate surface area is 182 Å². The van der Waals surface area contributed by atoms with Crippen LogP contribution >= 0.6 is 0 Å². The van der Waals surface area contributed by atoms with Crippen molar-refractivity contribution in [1.82, 2.24) is 20.4 Å². The molecule has 2 atom stereocenters. The number of likely N-dealkylation sites (N-methyl/N-ethyl adjacent to an activating group) is 1. The summed E-state index contributed by atoms with van der Waals surface area (Å²) in [4.78, 5) is 9.55. The molecular formula is C23H41N5O2. The van der Waals surface area contributed by atoms with E-state index in [2.05, 4.69) is 67.4 Å². The smallest absolute Gasteiger partial charge is 0.191 e. The maximum atomic E-state index is 5.97. The minimum atomic E-state index is 0.188. The van der Waals surface area contributed by atoms with Gasteiger partial charge in [-0.3, -0.25) is 9.89 Å². The molecule has 1 saturated heterocycles. The molecule has 1 heterocycles. The molecule has 7 heteroatoms. The Hall–Kier alpha value is -1.83. The van der Waals surface area contributed by atoms with Crippen LogP contribution in [-0.4, -0.2) is 88.9 Å². The number of nitrogens with one attached hydrogen (secondary N) is 2. The van der Waals surface area contributed by atoms with E-state index >= 15 is 0 Å². The number of benzene rings is 1. The summed E-state index contributed by atoms with van der Waals surface area (Å²) in [5.74, 6) is 2.38. The molecule has 0 aliphatic carbocycles. The van der Waals surface area contributed by atoms with Crippen LogP contribution in [0.1, 0.15) is 32.4 Å². The molecule has 2 rings (SSSR count). The highest BCUT2D eigenvalue weighted by Gasteiger charge is 2.21. The summed E-state index contributed by atoms with van der Waals surface area (Å²) in [6.07, 6.45) is 0.188. The largest absolute Gasteiger partial charge is 0.497 e. The van der Waals surface area contributed by atoms with E-state index in [4.69, 9.17) is 14.5 Å². The number of ether oxygens (including phenoxy) is 2. The third-order valence-corrected chi connectivity index (χ3v) is 5.23. The Morgan fingerprint density at radius 3 is 2.60 bits per heavy atom. The van der Waals surface area contributed by atoms with Crippen molar-refractivity contribution in [2.75, 3.05) is 67.1 Å². The standard InChI is InChI=1S/C23H41N5O2/c1-7-24-23(25-14-21-17-28(12-13-30-21)16-18(2)3)26-15-22(27(4)5)19-8-10-20(29-6)11-9-19/h8-11,18,21-22H,7,12-17H2,1-6H3,(H2,24,25,26). The number of aliphatic imine (C=N–C) groups is 1. The van der Waals surface area contributed by atoms with E-state index in [0.29, 0.717) is 12.5 Å². The van der Waals surface area contributed by atoms with Crippen LogP contribution in [0.15, 0.2) is 29.3 Å². The Bertz CT molecular complexity index is 633. The quantitative estimate of drug-likeness (QED) is 0.448. The lowest BCUT2D eigenvalue weighted by molar-refractivity contribution is -0.0284. The molecule has 1 fully saturated rings. The fourth-order valence-electron chi connectivity index (χ4n) is 3.71.